The molecule has 0 radical (unpaired) electrons. The first-order chi connectivity index (χ1) is 13.9. The van der Waals surface area contributed by atoms with Gasteiger partial charge in [-0.1, -0.05) is 6.07 Å². The van der Waals surface area contributed by atoms with Gasteiger partial charge in [0.2, 0.25) is 0 Å². The number of carbonyl (C=O) groups is 1. The van der Waals surface area contributed by atoms with Gasteiger partial charge in [0.25, 0.3) is 5.56 Å². The minimum Gasteiger partial charge on any atom is -0.508 e. The molecule has 1 aromatic heterocycles. The molecule has 3 N–H and O–H groups in total. The van der Waals surface area contributed by atoms with Gasteiger partial charge in [0.1, 0.15) is 12.4 Å². The minimum atomic E-state index is -0.905. The summed E-state index contributed by atoms with van der Waals surface area (Å²) < 4.78 is 5.21. The second-order valence-electron chi connectivity index (χ2n) is 6.62. The summed E-state index contributed by atoms with van der Waals surface area (Å²) in [6.45, 7) is 3.40. The molecule has 8 heteroatoms. The Balaban J connectivity index is 2.23. The number of aromatic nitrogens is 1. The lowest BCUT2D eigenvalue weighted by molar-refractivity contribution is -0.139. The minimum absolute atomic E-state index is 0.0363. The summed E-state index contributed by atoms with van der Waals surface area (Å²) in [5, 5.41) is 31.4. The second-order valence-corrected chi connectivity index (χ2v) is 6.62. The molecule has 1 aromatic carbocycles. The Morgan fingerprint density at radius 3 is 2.72 bits per heavy atom. The van der Waals surface area contributed by atoms with Crippen molar-refractivity contribution < 1.29 is 14.6 Å². The summed E-state index contributed by atoms with van der Waals surface area (Å²) in [5.41, 5.74) is 2.34. The first-order valence-corrected chi connectivity index (χ1v) is 8.86. The van der Waals surface area contributed by atoms with Crippen molar-refractivity contribution >= 4 is 11.7 Å². The van der Waals surface area contributed by atoms with Crippen molar-refractivity contribution in [2.24, 2.45) is 0 Å². The molecule has 2 heterocycles. The zero-order chi connectivity index (χ0) is 21.1. The number of nitrogens with zero attached hydrogens (tertiary/aromatic N) is 2. The Hall–Kier alpha value is -4.04. The van der Waals surface area contributed by atoms with E-state index in [0.717, 1.165) is 5.56 Å². The fraction of sp³-hybridized carbons (Fsp3) is 0.238. The van der Waals surface area contributed by atoms with E-state index in [-0.39, 0.29) is 35.5 Å². The zero-order valence-corrected chi connectivity index (χ0v) is 15.9. The molecule has 0 bridgehead atoms. The van der Waals surface area contributed by atoms with E-state index in [2.05, 4.69) is 10.3 Å². The third kappa shape index (κ3) is 3.56. The Kier molecular flexibility index (Phi) is 5.38. The van der Waals surface area contributed by atoms with Gasteiger partial charge in [-0.05, 0) is 31.5 Å². The highest BCUT2D eigenvalue weighted by Crippen LogP contribution is 2.44. The predicted molar refractivity (Wildman–Crippen MR) is 104 cm³/mol. The van der Waals surface area contributed by atoms with Crippen molar-refractivity contribution in [1.82, 2.24) is 4.98 Å². The number of aromatic hydroxyl groups is 1. The van der Waals surface area contributed by atoms with Crippen molar-refractivity contribution in [3.05, 3.63) is 68.3 Å². The zero-order valence-electron chi connectivity index (χ0n) is 15.9. The van der Waals surface area contributed by atoms with E-state index in [1.165, 1.54) is 18.2 Å². The highest BCUT2D eigenvalue weighted by molar-refractivity contribution is 5.95. The van der Waals surface area contributed by atoms with E-state index in [0.29, 0.717) is 16.9 Å². The lowest BCUT2D eigenvalue weighted by atomic mass is 9.80. The Morgan fingerprint density at radius 2 is 2.07 bits per heavy atom. The number of nitriles is 2. The van der Waals surface area contributed by atoms with Crippen molar-refractivity contribution in [1.29, 1.82) is 10.5 Å². The van der Waals surface area contributed by atoms with Gasteiger partial charge in [-0.15, -0.1) is 0 Å². The standard InChI is InChI=1S/C21H18N4O4/c1-11-10-24-20(27)18-17(14-5-4-13(9-23)8-15(14)26)16(12(2)25-19(11)18)21(28)29-7-3-6-22/h4-5,8,10,17,25-26H,3,7H2,1-2H3,(H,24,27). The number of ether oxygens (including phenoxy) is 1. The van der Waals surface area contributed by atoms with Crippen LogP contribution in [0.2, 0.25) is 0 Å². The Bertz CT molecular complexity index is 1160. The first kappa shape index (κ1) is 19.7. The molecular weight excluding hydrogens is 372 g/mol. The quantitative estimate of drug-likeness (QED) is 0.538. The maximum absolute atomic E-state index is 12.8. The van der Waals surface area contributed by atoms with E-state index in [1.807, 2.05) is 12.1 Å². The maximum atomic E-state index is 12.8. The molecule has 0 spiro atoms. The van der Waals surface area contributed by atoms with E-state index in [9.17, 15) is 14.7 Å². The molecule has 0 aliphatic carbocycles. The summed E-state index contributed by atoms with van der Waals surface area (Å²) in [7, 11) is 0. The van der Waals surface area contributed by atoms with E-state index in [1.54, 1.807) is 20.0 Å². The number of fused-ring (bicyclic) bond motifs is 1. The third-order valence-electron chi connectivity index (χ3n) is 4.76. The molecule has 146 valence electrons. The number of phenolic OH excluding ortho intramolecular Hbond substituents is 1. The van der Waals surface area contributed by atoms with Crippen LogP contribution in [-0.2, 0) is 9.53 Å². The SMILES string of the molecule is CC1=C(C(=O)OCCC#N)C(c2ccc(C#N)cc2O)c2c(c(C)c[nH]c2=O)N1. The normalized spacial score (nSPS) is 15.0. The number of rotatable bonds is 4. The number of hydrogen-bond acceptors (Lipinski definition) is 7. The average Bonchev–Trinajstić information content (AvgIpc) is 2.70. The van der Waals surface area contributed by atoms with Gasteiger partial charge >= 0.3 is 5.97 Å². The number of hydrogen-bond donors (Lipinski definition) is 3. The smallest absolute Gasteiger partial charge is 0.336 e. The number of anilines is 1. The number of aryl methyl sites for hydroxylation is 1. The molecule has 8 nitrogen and oxygen atoms in total. The number of benzene rings is 1. The van der Waals surface area contributed by atoms with E-state index in [4.69, 9.17) is 15.3 Å². The van der Waals surface area contributed by atoms with Crippen molar-refractivity contribution in [2.45, 2.75) is 26.2 Å². The molecule has 0 saturated carbocycles. The summed E-state index contributed by atoms with van der Waals surface area (Å²) in [6, 6.07) is 8.15. The number of esters is 1. The highest BCUT2D eigenvalue weighted by Gasteiger charge is 2.37. The largest absolute Gasteiger partial charge is 0.508 e. The second kappa shape index (κ2) is 7.91. The molecule has 0 saturated heterocycles. The summed E-state index contributed by atoms with van der Waals surface area (Å²) in [6.07, 6.45) is 1.60. The number of nitrogens with one attached hydrogen (secondary N) is 2. The number of phenols is 1. The Morgan fingerprint density at radius 1 is 1.31 bits per heavy atom. The Labute approximate surface area is 166 Å². The van der Waals surface area contributed by atoms with Crippen LogP contribution in [0.4, 0.5) is 5.69 Å². The van der Waals surface area contributed by atoms with Crippen LogP contribution in [0.1, 0.15) is 41.5 Å². The van der Waals surface area contributed by atoms with Crippen LogP contribution in [0.3, 0.4) is 0 Å². The van der Waals surface area contributed by atoms with E-state index >= 15 is 0 Å². The summed E-state index contributed by atoms with van der Waals surface area (Å²) in [5.74, 6) is -1.80. The van der Waals surface area contributed by atoms with Gasteiger partial charge in [-0.3, -0.25) is 4.79 Å². The maximum Gasteiger partial charge on any atom is 0.336 e. The van der Waals surface area contributed by atoms with Crippen molar-refractivity contribution in [2.75, 3.05) is 11.9 Å². The summed E-state index contributed by atoms with van der Waals surface area (Å²) in [4.78, 5) is 28.2. The lowest BCUT2D eigenvalue weighted by Crippen LogP contribution is -2.30. The van der Waals surface area contributed by atoms with Crippen molar-refractivity contribution in [3.8, 4) is 17.9 Å². The van der Waals surface area contributed by atoms with Gasteiger partial charge in [0, 0.05) is 17.5 Å². The topological polar surface area (TPSA) is 139 Å². The van der Waals surface area contributed by atoms with Gasteiger partial charge in [-0.25, -0.2) is 4.79 Å². The molecule has 1 unspecified atom stereocenters. The fourth-order valence-electron chi connectivity index (χ4n) is 3.41. The van der Waals surface area contributed by atoms with Crippen LogP contribution in [0.5, 0.6) is 5.75 Å². The summed E-state index contributed by atoms with van der Waals surface area (Å²) >= 11 is 0. The van der Waals surface area contributed by atoms with Gasteiger partial charge in [0.05, 0.1) is 46.9 Å². The number of pyridine rings is 1. The molecule has 1 aliphatic heterocycles. The number of H-pyrrole nitrogens is 1. The number of allylic oxidation sites excluding steroid dienone is 1. The molecule has 0 amide bonds. The monoisotopic (exact) mass is 390 g/mol. The first-order valence-electron chi connectivity index (χ1n) is 8.86. The molecular formula is C21H18N4O4. The molecule has 2 aromatic rings. The molecule has 29 heavy (non-hydrogen) atoms. The molecule has 3 rings (SSSR count). The average molecular weight is 390 g/mol. The molecule has 1 aliphatic rings. The van der Waals surface area contributed by atoms with Crippen LogP contribution in [0, 0.1) is 29.6 Å². The van der Waals surface area contributed by atoms with Crippen LogP contribution in [0.25, 0.3) is 0 Å². The third-order valence-corrected chi connectivity index (χ3v) is 4.76. The highest BCUT2D eigenvalue weighted by atomic mass is 16.5. The lowest BCUT2D eigenvalue weighted by Gasteiger charge is -2.30. The molecule has 1 atom stereocenters. The van der Waals surface area contributed by atoms with Crippen LogP contribution in [0.15, 0.2) is 40.5 Å². The van der Waals surface area contributed by atoms with E-state index < -0.39 is 17.4 Å². The van der Waals surface area contributed by atoms with Gasteiger partial charge < -0.3 is 20.1 Å². The van der Waals surface area contributed by atoms with Crippen LogP contribution >= 0.6 is 0 Å². The van der Waals surface area contributed by atoms with Gasteiger partial charge in [0.15, 0.2) is 0 Å². The van der Waals surface area contributed by atoms with Crippen molar-refractivity contribution in [3.63, 3.8) is 0 Å². The van der Waals surface area contributed by atoms with Crippen LogP contribution < -0.4 is 10.9 Å². The fourth-order valence-corrected chi connectivity index (χ4v) is 3.41. The van der Waals surface area contributed by atoms with Gasteiger partial charge in [-0.2, -0.15) is 10.5 Å². The predicted octanol–water partition coefficient (Wildman–Crippen LogP) is 2.55. The van der Waals surface area contributed by atoms with Crippen LogP contribution in [-0.4, -0.2) is 22.7 Å². The number of aromatic amines is 1. The molecule has 0 fully saturated rings. The number of carbonyl (C=O) groups excluding carboxylic acids is 1.